The molecule has 1 atom stereocenters. The number of hydrogen-bond donors (Lipinski definition) is 0. The fourth-order valence-corrected chi connectivity index (χ4v) is 4.37. The van der Waals surface area contributed by atoms with Crippen molar-refractivity contribution in [3.63, 3.8) is 0 Å². The van der Waals surface area contributed by atoms with Crippen LogP contribution in [0.5, 0.6) is 0 Å². The lowest BCUT2D eigenvalue weighted by Gasteiger charge is -2.45. The molecule has 3 heterocycles. The average molecular weight is 402 g/mol. The number of ether oxygens (including phenoxy) is 1. The second-order valence-electron chi connectivity index (χ2n) is 7.72. The van der Waals surface area contributed by atoms with Crippen LogP contribution in [0.1, 0.15) is 12.0 Å². The first kappa shape index (κ1) is 19.0. The van der Waals surface area contributed by atoms with E-state index in [4.69, 9.17) is 9.73 Å². The number of fused-ring (bicyclic) bond motifs is 1. The van der Waals surface area contributed by atoms with Gasteiger partial charge in [0.1, 0.15) is 6.17 Å². The van der Waals surface area contributed by atoms with Gasteiger partial charge in [0.25, 0.3) is 0 Å². The van der Waals surface area contributed by atoms with Crippen LogP contribution in [0.15, 0.2) is 78.3 Å². The Hall–Kier alpha value is -2.96. The molecule has 1 fully saturated rings. The number of para-hydroxylation sites is 2. The minimum Gasteiger partial charge on any atom is -0.379 e. The Morgan fingerprint density at radius 3 is 2.53 bits per heavy atom. The summed E-state index contributed by atoms with van der Waals surface area (Å²) in [6.45, 7) is 5.26. The van der Waals surface area contributed by atoms with Gasteiger partial charge < -0.3 is 14.2 Å². The van der Waals surface area contributed by atoms with Crippen LogP contribution in [0.4, 0.5) is 11.4 Å². The van der Waals surface area contributed by atoms with E-state index < -0.39 is 0 Å². The van der Waals surface area contributed by atoms with Gasteiger partial charge in [-0.25, -0.2) is 9.98 Å². The lowest BCUT2D eigenvalue weighted by atomic mass is 10.0. The Bertz CT molecular complexity index is 980. The highest BCUT2D eigenvalue weighted by atomic mass is 16.5. The highest BCUT2D eigenvalue weighted by Crippen LogP contribution is 2.37. The van der Waals surface area contributed by atoms with Gasteiger partial charge in [-0.3, -0.25) is 4.90 Å². The molecular weight excluding hydrogens is 374 g/mol. The molecule has 0 N–H and O–H groups in total. The van der Waals surface area contributed by atoms with Crippen molar-refractivity contribution in [2.45, 2.75) is 19.1 Å². The lowest BCUT2D eigenvalue weighted by molar-refractivity contribution is 0.0282. The maximum atomic E-state index is 5.66. The van der Waals surface area contributed by atoms with Crippen LogP contribution < -0.4 is 4.90 Å². The number of aryl methyl sites for hydroxylation is 1. The third kappa shape index (κ3) is 3.88. The predicted octanol–water partition coefficient (Wildman–Crippen LogP) is 3.57. The van der Waals surface area contributed by atoms with E-state index in [0.29, 0.717) is 0 Å². The Labute approximate surface area is 177 Å². The van der Waals surface area contributed by atoms with E-state index in [1.54, 1.807) is 0 Å². The van der Waals surface area contributed by atoms with E-state index in [1.165, 1.54) is 11.3 Å². The standard InChI is InChI=1S/C24H27N5O/c1-2-7-20(8-3-1)23-24(28-15-17-30-18-16-28)29(13-6-12-27-14-11-25-19-27)22-10-5-4-9-21(22)26-23/h1-5,7-11,14,19,24H,6,12-13,15-18H2. The number of benzene rings is 2. The zero-order chi connectivity index (χ0) is 20.2. The normalized spacial score (nSPS) is 19.4. The summed E-state index contributed by atoms with van der Waals surface area (Å²) >= 11 is 0. The molecule has 0 aliphatic carbocycles. The molecule has 6 nitrogen and oxygen atoms in total. The molecule has 1 saturated heterocycles. The van der Waals surface area contributed by atoms with E-state index in [9.17, 15) is 0 Å². The first-order valence-electron chi connectivity index (χ1n) is 10.7. The lowest BCUT2D eigenvalue weighted by Crippen LogP contribution is -2.58. The zero-order valence-electron chi connectivity index (χ0n) is 17.1. The summed E-state index contributed by atoms with van der Waals surface area (Å²) in [5.74, 6) is 0. The third-order valence-corrected chi connectivity index (χ3v) is 5.81. The highest BCUT2D eigenvalue weighted by molar-refractivity contribution is 6.09. The monoisotopic (exact) mass is 401 g/mol. The number of imidazole rings is 1. The van der Waals surface area contributed by atoms with Crippen molar-refractivity contribution in [2.24, 2.45) is 4.99 Å². The minimum atomic E-state index is 0.106. The quantitative estimate of drug-likeness (QED) is 0.634. The summed E-state index contributed by atoms with van der Waals surface area (Å²) in [6, 6.07) is 19.1. The molecule has 0 amide bonds. The van der Waals surface area contributed by atoms with Gasteiger partial charge in [0.15, 0.2) is 0 Å². The predicted molar refractivity (Wildman–Crippen MR) is 119 cm³/mol. The summed E-state index contributed by atoms with van der Waals surface area (Å²) in [4.78, 5) is 14.4. The highest BCUT2D eigenvalue weighted by Gasteiger charge is 2.35. The van der Waals surface area contributed by atoms with Crippen molar-refractivity contribution in [1.29, 1.82) is 0 Å². The van der Waals surface area contributed by atoms with E-state index in [-0.39, 0.29) is 6.17 Å². The van der Waals surface area contributed by atoms with Crippen LogP contribution >= 0.6 is 0 Å². The maximum Gasteiger partial charge on any atom is 0.126 e. The average Bonchev–Trinajstić information content (AvgIpc) is 3.33. The van der Waals surface area contributed by atoms with E-state index in [0.717, 1.165) is 57.2 Å². The summed E-state index contributed by atoms with van der Waals surface area (Å²) in [7, 11) is 0. The summed E-state index contributed by atoms with van der Waals surface area (Å²) < 4.78 is 7.80. The number of rotatable bonds is 6. The first-order chi connectivity index (χ1) is 14.9. The molecule has 0 bridgehead atoms. The van der Waals surface area contributed by atoms with E-state index >= 15 is 0 Å². The van der Waals surface area contributed by atoms with Gasteiger partial charge in [-0.1, -0.05) is 42.5 Å². The second-order valence-corrected chi connectivity index (χ2v) is 7.72. The Morgan fingerprint density at radius 1 is 0.933 bits per heavy atom. The summed E-state index contributed by atoms with van der Waals surface area (Å²) in [5, 5.41) is 0. The molecule has 2 aromatic carbocycles. The van der Waals surface area contributed by atoms with Gasteiger partial charge in [-0.15, -0.1) is 0 Å². The van der Waals surface area contributed by atoms with Crippen LogP contribution in [0, 0.1) is 0 Å². The molecule has 154 valence electrons. The molecule has 2 aliphatic rings. The Kier molecular flexibility index (Phi) is 5.59. The Morgan fingerprint density at radius 2 is 1.73 bits per heavy atom. The van der Waals surface area contributed by atoms with Crippen LogP contribution in [0.2, 0.25) is 0 Å². The molecule has 30 heavy (non-hydrogen) atoms. The molecule has 0 saturated carbocycles. The molecule has 0 radical (unpaired) electrons. The number of anilines is 1. The molecule has 1 unspecified atom stereocenters. The van der Waals surface area contributed by atoms with Gasteiger partial charge in [-0.05, 0) is 24.1 Å². The number of nitrogens with zero attached hydrogens (tertiary/aromatic N) is 5. The summed E-state index contributed by atoms with van der Waals surface area (Å²) in [6.07, 6.45) is 6.90. The smallest absolute Gasteiger partial charge is 0.126 e. The van der Waals surface area contributed by atoms with Crippen LogP contribution in [-0.4, -0.2) is 59.2 Å². The molecule has 3 aromatic rings. The molecular formula is C24H27N5O. The minimum absolute atomic E-state index is 0.106. The molecule has 2 aliphatic heterocycles. The number of aromatic nitrogens is 2. The van der Waals surface area contributed by atoms with Crippen molar-refractivity contribution in [2.75, 3.05) is 37.7 Å². The fourth-order valence-electron chi connectivity index (χ4n) is 4.37. The fraction of sp³-hybridized carbons (Fsp3) is 0.333. The third-order valence-electron chi connectivity index (χ3n) is 5.81. The molecule has 6 heteroatoms. The van der Waals surface area contributed by atoms with Crippen LogP contribution in [0.25, 0.3) is 0 Å². The van der Waals surface area contributed by atoms with Crippen molar-refractivity contribution >= 4 is 17.1 Å². The van der Waals surface area contributed by atoms with Gasteiger partial charge in [0.05, 0.1) is 36.6 Å². The van der Waals surface area contributed by atoms with Gasteiger partial charge >= 0.3 is 0 Å². The van der Waals surface area contributed by atoms with Crippen molar-refractivity contribution in [3.05, 3.63) is 78.9 Å². The van der Waals surface area contributed by atoms with Crippen LogP contribution in [-0.2, 0) is 11.3 Å². The molecule has 5 rings (SSSR count). The van der Waals surface area contributed by atoms with E-state index in [2.05, 4.69) is 73.9 Å². The van der Waals surface area contributed by atoms with Crippen molar-refractivity contribution in [3.8, 4) is 0 Å². The number of morpholine rings is 1. The largest absolute Gasteiger partial charge is 0.379 e. The molecule has 1 aromatic heterocycles. The van der Waals surface area contributed by atoms with Crippen molar-refractivity contribution < 1.29 is 4.74 Å². The van der Waals surface area contributed by atoms with E-state index in [1.807, 2.05) is 18.7 Å². The topological polar surface area (TPSA) is 45.9 Å². The second kappa shape index (κ2) is 8.81. The molecule has 0 spiro atoms. The van der Waals surface area contributed by atoms with Crippen molar-refractivity contribution in [1.82, 2.24) is 14.5 Å². The van der Waals surface area contributed by atoms with Crippen LogP contribution in [0.3, 0.4) is 0 Å². The van der Waals surface area contributed by atoms with Gasteiger partial charge in [0, 0.05) is 38.6 Å². The zero-order valence-corrected chi connectivity index (χ0v) is 17.1. The Balaban J connectivity index is 1.51. The maximum absolute atomic E-state index is 5.66. The number of hydrogen-bond acceptors (Lipinski definition) is 5. The SMILES string of the molecule is c1ccc(C2=Nc3ccccc3N(CCCn3ccnc3)C2N2CCOCC2)cc1. The summed E-state index contributed by atoms with van der Waals surface area (Å²) in [5.41, 5.74) is 4.56. The van der Waals surface area contributed by atoms with Gasteiger partial charge in [0.2, 0.25) is 0 Å². The first-order valence-corrected chi connectivity index (χ1v) is 10.7. The number of aliphatic imine (C=N–C) groups is 1. The van der Waals surface area contributed by atoms with Gasteiger partial charge in [-0.2, -0.15) is 0 Å².